The molecule has 1 amide bonds. The summed E-state index contributed by atoms with van der Waals surface area (Å²) in [5.74, 6) is 0.479. The first-order valence-corrected chi connectivity index (χ1v) is 10.6. The Kier molecular flexibility index (Phi) is 4.81. The molecule has 0 N–H and O–H groups in total. The number of rotatable bonds is 2. The summed E-state index contributed by atoms with van der Waals surface area (Å²) in [6.45, 7) is 1.70. The smallest absolute Gasteiger partial charge is 0.264 e. The van der Waals surface area contributed by atoms with Crippen molar-refractivity contribution in [2.24, 2.45) is 20.9 Å². The van der Waals surface area contributed by atoms with Gasteiger partial charge < -0.3 is 9.64 Å². The van der Waals surface area contributed by atoms with E-state index in [4.69, 9.17) is 14.7 Å². The number of nitrogens with zero attached hydrogens (tertiary/aromatic N) is 4. The number of hydrogen-bond acceptors (Lipinski definition) is 6. The van der Waals surface area contributed by atoms with Crippen molar-refractivity contribution in [2.75, 3.05) is 20.2 Å². The molecule has 154 valence electrons. The average molecular weight is 404 g/mol. The molecule has 1 unspecified atom stereocenters. The Labute approximate surface area is 175 Å². The summed E-state index contributed by atoms with van der Waals surface area (Å²) in [4.78, 5) is 42.1. The van der Waals surface area contributed by atoms with Crippen LogP contribution < -0.4 is 4.74 Å². The number of piperidine rings is 1. The molecule has 3 aliphatic heterocycles. The monoisotopic (exact) mass is 404 g/mol. The van der Waals surface area contributed by atoms with Crippen LogP contribution in [0.5, 0.6) is 5.75 Å². The summed E-state index contributed by atoms with van der Waals surface area (Å²) in [5, 5.41) is 0. The molecule has 1 atom stereocenters. The third kappa shape index (κ3) is 3.09. The number of Topliss-reactive ketones (excluding diaryl/α,β-unsaturated/α-hetero) is 1. The highest BCUT2D eigenvalue weighted by Crippen LogP contribution is 2.41. The number of ether oxygens (including phenoxy) is 1. The van der Waals surface area contributed by atoms with Crippen molar-refractivity contribution in [3.63, 3.8) is 0 Å². The van der Waals surface area contributed by atoms with Crippen molar-refractivity contribution in [1.82, 2.24) is 4.90 Å². The number of guanidine groups is 1. The molecule has 1 aliphatic carbocycles. The summed E-state index contributed by atoms with van der Waals surface area (Å²) in [6.07, 6.45) is 5.26. The number of ketones is 1. The quantitative estimate of drug-likeness (QED) is 0.758. The minimum atomic E-state index is -0.768. The van der Waals surface area contributed by atoms with Crippen molar-refractivity contribution in [3.8, 4) is 5.75 Å². The second kappa shape index (κ2) is 7.63. The summed E-state index contributed by atoms with van der Waals surface area (Å²) in [5.41, 5.74) is 2.67. The predicted octanol–water partition coefficient (Wildman–Crippen LogP) is 3.05. The number of aliphatic imine (C=N–C) groups is 3. The molecule has 1 saturated heterocycles. The Bertz CT molecular complexity index is 1040. The van der Waals surface area contributed by atoms with Crippen molar-refractivity contribution in [1.29, 1.82) is 0 Å². The second-order valence-corrected chi connectivity index (χ2v) is 8.02. The average Bonchev–Trinajstić information content (AvgIpc) is 2.78. The van der Waals surface area contributed by atoms with Crippen molar-refractivity contribution in [2.45, 2.75) is 38.5 Å². The lowest BCUT2D eigenvalue weighted by Crippen LogP contribution is -2.42. The Morgan fingerprint density at radius 2 is 1.77 bits per heavy atom. The number of para-hydroxylation sites is 1. The molecular weight excluding hydrogens is 380 g/mol. The summed E-state index contributed by atoms with van der Waals surface area (Å²) < 4.78 is 5.56. The van der Waals surface area contributed by atoms with E-state index >= 15 is 0 Å². The van der Waals surface area contributed by atoms with E-state index in [0.717, 1.165) is 43.6 Å². The SMILES string of the molecule is COc1ccccc1C1=C2C(=O)CCCC2=NC2=NC(N3CCCCC3)=NC(=O)C21. The van der Waals surface area contributed by atoms with E-state index in [-0.39, 0.29) is 11.7 Å². The molecule has 1 aromatic rings. The van der Waals surface area contributed by atoms with Crippen LogP contribution in [0.15, 0.2) is 44.8 Å². The van der Waals surface area contributed by atoms with E-state index in [1.165, 1.54) is 6.42 Å². The van der Waals surface area contributed by atoms with Crippen LogP contribution >= 0.6 is 0 Å². The number of methoxy groups -OCH3 is 1. The van der Waals surface area contributed by atoms with Crippen LogP contribution in [0, 0.1) is 5.92 Å². The number of hydrogen-bond donors (Lipinski definition) is 0. The Morgan fingerprint density at radius 1 is 0.967 bits per heavy atom. The van der Waals surface area contributed by atoms with Crippen molar-refractivity contribution >= 4 is 34.8 Å². The predicted molar refractivity (Wildman–Crippen MR) is 115 cm³/mol. The summed E-state index contributed by atoms with van der Waals surface area (Å²) >= 11 is 0. The lowest BCUT2D eigenvalue weighted by atomic mass is 9.77. The van der Waals surface area contributed by atoms with Gasteiger partial charge in [-0.2, -0.15) is 9.98 Å². The van der Waals surface area contributed by atoms with Crippen LogP contribution in [0.3, 0.4) is 0 Å². The molecule has 3 heterocycles. The topological polar surface area (TPSA) is 83.7 Å². The molecule has 1 saturated carbocycles. The molecule has 0 bridgehead atoms. The third-order valence-corrected chi connectivity index (χ3v) is 6.16. The van der Waals surface area contributed by atoms with Crippen LogP contribution in [-0.2, 0) is 9.59 Å². The highest BCUT2D eigenvalue weighted by Gasteiger charge is 2.43. The van der Waals surface area contributed by atoms with Gasteiger partial charge in [-0.3, -0.25) is 9.59 Å². The van der Waals surface area contributed by atoms with Gasteiger partial charge >= 0.3 is 0 Å². The first-order valence-electron chi connectivity index (χ1n) is 10.6. The van der Waals surface area contributed by atoms with Gasteiger partial charge in [-0.05, 0) is 43.7 Å². The number of amidine groups is 1. The molecular formula is C23H24N4O3. The maximum Gasteiger partial charge on any atom is 0.264 e. The van der Waals surface area contributed by atoms with Crippen molar-refractivity contribution in [3.05, 3.63) is 35.4 Å². The molecule has 0 aromatic heterocycles. The number of benzene rings is 1. The zero-order chi connectivity index (χ0) is 20.7. The van der Waals surface area contributed by atoms with Crippen LogP contribution in [-0.4, -0.2) is 54.3 Å². The molecule has 1 aromatic carbocycles. The lowest BCUT2D eigenvalue weighted by molar-refractivity contribution is -0.118. The number of carbonyl (C=O) groups is 2. The largest absolute Gasteiger partial charge is 0.496 e. The fraction of sp³-hybridized carbons (Fsp3) is 0.435. The summed E-state index contributed by atoms with van der Waals surface area (Å²) in [6, 6.07) is 7.49. The Hall–Kier alpha value is -3.09. The number of allylic oxidation sites excluding steroid dienone is 1. The molecule has 0 spiro atoms. The lowest BCUT2D eigenvalue weighted by Gasteiger charge is -2.34. The zero-order valence-electron chi connectivity index (χ0n) is 17.1. The molecule has 5 rings (SSSR count). The van der Waals surface area contributed by atoms with Crippen molar-refractivity contribution < 1.29 is 14.3 Å². The van der Waals surface area contributed by atoms with E-state index in [0.29, 0.717) is 41.5 Å². The maximum absolute atomic E-state index is 13.3. The third-order valence-electron chi connectivity index (χ3n) is 6.16. The zero-order valence-corrected chi connectivity index (χ0v) is 17.1. The number of carbonyl (C=O) groups excluding carboxylic acids is 2. The number of amides is 1. The molecule has 7 nitrogen and oxygen atoms in total. The van der Waals surface area contributed by atoms with Gasteiger partial charge in [-0.1, -0.05) is 18.2 Å². The van der Waals surface area contributed by atoms with E-state index in [2.05, 4.69) is 9.89 Å². The molecule has 2 fully saturated rings. The van der Waals surface area contributed by atoms with Gasteiger partial charge in [0.05, 0.1) is 12.8 Å². The molecule has 7 heteroatoms. The first-order chi connectivity index (χ1) is 14.7. The van der Waals surface area contributed by atoms with E-state index < -0.39 is 5.92 Å². The molecule has 4 aliphatic rings. The van der Waals surface area contributed by atoms with E-state index in [1.54, 1.807) is 7.11 Å². The van der Waals surface area contributed by atoms with E-state index in [1.807, 2.05) is 24.3 Å². The van der Waals surface area contributed by atoms with Crippen LogP contribution in [0.1, 0.15) is 44.1 Å². The van der Waals surface area contributed by atoms with Crippen LogP contribution in [0.25, 0.3) is 5.57 Å². The minimum absolute atomic E-state index is 0.0264. The standard InChI is InChI=1S/C23H24N4O3/c1-30-17-11-4-3-8-14(17)18-19-15(9-7-10-16(19)28)24-21-20(18)22(29)26-23(25-21)27-12-5-2-6-13-27/h3-4,8,11,20H,2,5-7,9-10,12-13H2,1H3. The van der Waals surface area contributed by atoms with Crippen LogP contribution in [0.4, 0.5) is 0 Å². The minimum Gasteiger partial charge on any atom is -0.496 e. The van der Waals surface area contributed by atoms with Crippen LogP contribution in [0.2, 0.25) is 0 Å². The molecule has 0 radical (unpaired) electrons. The van der Waals surface area contributed by atoms with Gasteiger partial charge in [0.15, 0.2) is 5.78 Å². The fourth-order valence-corrected chi connectivity index (χ4v) is 4.73. The first kappa shape index (κ1) is 18.9. The van der Waals surface area contributed by atoms with Gasteiger partial charge in [0.2, 0.25) is 5.96 Å². The van der Waals surface area contributed by atoms with Gasteiger partial charge in [0.25, 0.3) is 5.91 Å². The van der Waals surface area contributed by atoms with Gasteiger partial charge in [0, 0.05) is 30.6 Å². The van der Waals surface area contributed by atoms with Gasteiger partial charge in [-0.15, -0.1) is 0 Å². The number of dihydropyridines is 1. The van der Waals surface area contributed by atoms with E-state index in [9.17, 15) is 9.59 Å². The second-order valence-electron chi connectivity index (χ2n) is 8.02. The Morgan fingerprint density at radius 3 is 2.57 bits per heavy atom. The fourth-order valence-electron chi connectivity index (χ4n) is 4.73. The number of fused-ring (bicyclic) bond motifs is 2. The highest BCUT2D eigenvalue weighted by molar-refractivity contribution is 6.37. The van der Waals surface area contributed by atoms with Gasteiger partial charge in [0.1, 0.15) is 17.5 Å². The summed E-state index contributed by atoms with van der Waals surface area (Å²) in [7, 11) is 1.59. The maximum atomic E-state index is 13.3. The molecule has 30 heavy (non-hydrogen) atoms. The Balaban J connectivity index is 1.66. The van der Waals surface area contributed by atoms with Gasteiger partial charge in [-0.25, -0.2) is 4.99 Å². The normalized spacial score (nSPS) is 24.0. The number of likely N-dealkylation sites (tertiary alicyclic amines) is 1. The highest BCUT2D eigenvalue weighted by atomic mass is 16.5.